The average molecular weight is 415 g/mol. The summed E-state index contributed by atoms with van der Waals surface area (Å²) >= 11 is 3.42. The van der Waals surface area contributed by atoms with E-state index < -0.39 is 0 Å². The first-order chi connectivity index (χ1) is 12.3. The Balaban J connectivity index is 2.16. The maximum atomic E-state index is 12.4. The lowest BCUT2D eigenvalue weighted by atomic mass is 9.90. The zero-order chi connectivity index (χ0) is 18.9. The SMILES string of the molecule is CC(C)(C)c1[nH]cnc1/C=c1/[nH]c(=O)/c(=C\c2ccccc2Br)[nH]c1=O. The number of benzene rings is 1. The molecular weight excluding hydrogens is 396 g/mol. The van der Waals surface area contributed by atoms with Gasteiger partial charge >= 0.3 is 0 Å². The van der Waals surface area contributed by atoms with Crippen LogP contribution in [0, 0.1) is 0 Å². The third-order valence-electron chi connectivity index (χ3n) is 3.89. The molecule has 0 spiro atoms. The number of imidazole rings is 1. The highest BCUT2D eigenvalue weighted by atomic mass is 79.9. The molecule has 2 aromatic heterocycles. The molecule has 7 heteroatoms. The largest absolute Gasteiger partial charge is 0.348 e. The second kappa shape index (κ2) is 6.92. The van der Waals surface area contributed by atoms with Crippen LogP contribution in [0.2, 0.25) is 0 Å². The normalized spacial score (nSPS) is 13.4. The van der Waals surface area contributed by atoms with Crippen molar-refractivity contribution in [2.24, 2.45) is 0 Å². The molecule has 0 radical (unpaired) electrons. The zero-order valence-corrected chi connectivity index (χ0v) is 16.3. The van der Waals surface area contributed by atoms with Gasteiger partial charge in [-0.2, -0.15) is 0 Å². The molecule has 0 amide bonds. The molecule has 0 unspecified atom stereocenters. The molecule has 134 valence electrons. The van der Waals surface area contributed by atoms with E-state index in [0.717, 1.165) is 15.7 Å². The van der Waals surface area contributed by atoms with Gasteiger partial charge in [0.15, 0.2) is 0 Å². The molecule has 0 aliphatic carbocycles. The molecule has 0 bridgehead atoms. The smallest absolute Gasteiger partial charge is 0.272 e. The number of hydrogen-bond acceptors (Lipinski definition) is 3. The van der Waals surface area contributed by atoms with Crippen molar-refractivity contribution in [3.8, 4) is 0 Å². The van der Waals surface area contributed by atoms with Gasteiger partial charge in [-0.1, -0.05) is 54.9 Å². The van der Waals surface area contributed by atoms with Crippen LogP contribution in [0.3, 0.4) is 0 Å². The van der Waals surface area contributed by atoms with E-state index in [1.165, 1.54) is 0 Å². The maximum absolute atomic E-state index is 12.4. The lowest BCUT2D eigenvalue weighted by molar-refractivity contribution is 0.571. The first-order valence-electron chi connectivity index (χ1n) is 8.10. The average Bonchev–Trinajstić information content (AvgIpc) is 3.03. The highest BCUT2D eigenvalue weighted by molar-refractivity contribution is 9.10. The standard InChI is InChI=1S/C19H19BrN4O2/c1-19(2,3)16-13(21-10-22-16)9-15-18(26)23-14(17(25)24-15)8-11-6-4-5-7-12(11)20/h4-10H,1-3H3,(H,21,22)(H,23,26)(H,24,25)/b14-8+,15-9+. The van der Waals surface area contributed by atoms with Crippen LogP contribution in [-0.2, 0) is 5.41 Å². The molecule has 3 rings (SSSR count). The van der Waals surface area contributed by atoms with Crippen molar-refractivity contribution in [1.29, 1.82) is 0 Å². The molecule has 0 saturated heterocycles. The maximum Gasteiger partial charge on any atom is 0.272 e. The fourth-order valence-electron chi connectivity index (χ4n) is 2.60. The molecular formula is C19H19BrN4O2. The van der Waals surface area contributed by atoms with Crippen molar-refractivity contribution in [3.05, 3.63) is 83.4 Å². The minimum atomic E-state index is -0.384. The van der Waals surface area contributed by atoms with E-state index in [9.17, 15) is 9.59 Å². The van der Waals surface area contributed by atoms with Crippen molar-refractivity contribution < 1.29 is 0 Å². The van der Waals surface area contributed by atoms with Crippen molar-refractivity contribution in [3.63, 3.8) is 0 Å². The Labute approximate surface area is 157 Å². The summed E-state index contributed by atoms with van der Waals surface area (Å²) in [5, 5.41) is 0.356. The van der Waals surface area contributed by atoms with E-state index in [-0.39, 0.29) is 27.2 Å². The number of H-pyrrole nitrogens is 3. The minimum absolute atomic E-state index is 0.164. The Morgan fingerprint density at radius 2 is 1.62 bits per heavy atom. The van der Waals surface area contributed by atoms with Crippen LogP contribution in [0.25, 0.3) is 12.2 Å². The summed E-state index contributed by atoms with van der Waals surface area (Å²) in [6.07, 6.45) is 4.79. The van der Waals surface area contributed by atoms with Crippen molar-refractivity contribution in [1.82, 2.24) is 19.9 Å². The Kier molecular flexibility index (Phi) is 4.82. The summed E-state index contributed by atoms with van der Waals surface area (Å²) in [7, 11) is 0. The predicted octanol–water partition coefficient (Wildman–Crippen LogP) is 1.50. The van der Waals surface area contributed by atoms with Crippen LogP contribution >= 0.6 is 15.9 Å². The summed E-state index contributed by atoms with van der Waals surface area (Å²) in [4.78, 5) is 37.5. The van der Waals surface area contributed by atoms with E-state index in [4.69, 9.17) is 0 Å². The lowest BCUT2D eigenvalue weighted by Gasteiger charge is -2.16. The van der Waals surface area contributed by atoms with Crippen LogP contribution in [0.5, 0.6) is 0 Å². The van der Waals surface area contributed by atoms with E-state index in [0.29, 0.717) is 5.69 Å². The van der Waals surface area contributed by atoms with E-state index in [2.05, 4.69) is 35.9 Å². The van der Waals surface area contributed by atoms with Gasteiger partial charge < -0.3 is 15.0 Å². The third-order valence-corrected chi connectivity index (χ3v) is 4.61. The number of aromatic amines is 3. The third kappa shape index (κ3) is 3.77. The first-order valence-corrected chi connectivity index (χ1v) is 8.89. The molecule has 2 heterocycles. The Morgan fingerprint density at radius 3 is 2.23 bits per heavy atom. The molecule has 6 nitrogen and oxygen atoms in total. The predicted molar refractivity (Wildman–Crippen MR) is 105 cm³/mol. The Bertz CT molecular complexity index is 1180. The van der Waals surface area contributed by atoms with Gasteiger partial charge in [0, 0.05) is 15.6 Å². The lowest BCUT2D eigenvalue weighted by Crippen LogP contribution is -2.46. The van der Waals surface area contributed by atoms with Crippen molar-refractivity contribution in [2.45, 2.75) is 26.2 Å². The fourth-order valence-corrected chi connectivity index (χ4v) is 2.99. The van der Waals surface area contributed by atoms with Crippen molar-refractivity contribution >= 4 is 28.1 Å². The molecule has 26 heavy (non-hydrogen) atoms. The molecule has 3 aromatic rings. The number of hydrogen-bond donors (Lipinski definition) is 3. The van der Waals surface area contributed by atoms with Crippen LogP contribution in [0.1, 0.15) is 37.7 Å². The van der Waals surface area contributed by atoms with Gasteiger partial charge in [0.2, 0.25) is 0 Å². The second-order valence-corrected chi connectivity index (χ2v) is 7.81. The minimum Gasteiger partial charge on any atom is -0.348 e. The number of rotatable bonds is 2. The molecule has 0 aliphatic heterocycles. The number of aromatic nitrogens is 4. The summed E-state index contributed by atoms with van der Waals surface area (Å²) in [6.45, 7) is 6.13. The Hall–Kier alpha value is -2.67. The summed E-state index contributed by atoms with van der Waals surface area (Å²) < 4.78 is 0.835. The molecule has 1 aromatic carbocycles. The summed E-state index contributed by atoms with van der Waals surface area (Å²) in [5.41, 5.74) is 1.39. The molecule has 0 atom stereocenters. The summed E-state index contributed by atoms with van der Waals surface area (Å²) in [5.74, 6) is 0. The molecule has 0 saturated carbocycles. The first kappa shape index (κ1) is 18.1. The zero-order valence-electron chi connectivity index (χ0n) is 14.7. The fraction of sp³-hybridized carbons (Fsp3) is 0.211. The van der Waals surface area contributed by atoms with Gasteiger partial charge in [0.25, 0.3) is 11.1 Å². The van der Waals surface area contributed by atoms with E-state index in [1.54, 1.807) is 18.5 Å². The van der Waals surface area contributed by atoms with Crippen LogP contribution in [0.15, 0.2) is 44.7 Å². The van der Waals surface area contributed by atoms with E-state index >= 15 is 0 Å². The van der Waals surface area contributed by atoms with Gasteiger partial charge in [-0.25, -0.2) is 4.98 Å². The Morgan fingerprint density at radius 1 is 1.00 bits per heavy atom. The monoisotopic (exact) mass is 414 g/mol. The van der Waals surface area contributed by atoms with Gasteiger partial charge in [0.1, 0.15) is 10.7 Å². The number of halogens is 1. The van der Waals surface area contributed by atoms with E-state index in [1.807, 2.05) is 45.0 Å². The van der Waals surface area contributed by atoms with Gasteiger partial charge in [0.05, 0.1) is 12.0 Å². The highest BCUT2D eigenvalue weighted by Gasteiger charge is 2.19. The molecule has 3 N–H and O–H groups in total. The van der Waals surface area contributed by atoms with Crippen LogP contribution < -0.4 is 21.8 Å². The van der Waals surface area contributed by atoms with Gasteiger partial charge in [-0.15, -0.1) is 0 Å². The highest BCUT2D eigenvalue weighted by Crippen LogP contribution is 2.22. The van der Waals surface area contributed by atoms with Crippen LogP contribution in [0.4, 0.5) is 0 Å². The molecule has 0 aliphatic rings. The quantitative estimate of drug-likeness (QED) is 0.592. The molecule has 0 fully saturated rings. The number of nitrogens with one attached hydrogen (secondary N) is 3. The van der Waals surface area contributed by atoms with Gasteiger partial charge in [-0.05, 0) is 23.8 Å². The summed E-state index contributed by atoms with van der Waals surface area (Å²) in [6, 6.07) is 7.45. The topological polar surface area (TPSA) is 94.4 Å². The number of nitrogens with zero attached hydrogens (tertiary/aromatic N) is 1. The van der Waals surface area contributed by atoms with Crippen molar-refractivity contribution in [2.75, 3.05) is 0 Å². The van der Waals surface area contributed by atoms with Crippen LogP contribution in [-0.4, -0.2) is 19.9 Å². The van der Waals surface area contributed by atoms with Gasteiger partial charge in [-0.3, -0.25) is 9.59 Å². The second-order valence-electron chi connectivity index (χ2n) is 6.96.